The van der Waals surface area contributed by atoms with Crippen LogP contribution >= 0.6 is 11.3 Å². The first-order valence-electron chi connectivity index (χ1n) is 8.52. The van der Waals surface area contributed by atoms with Crippen LogP contribution in [0.4, 0.5) is 13.2 Å². The van der Waals surface area contributed by atoms with Gasteiger partial charge in [-0.3, -0.25) is 9.78 Å². The van der Waals surface area contributed by atoms with Gasteiger partial charge in [0.25, 0.3) is 0 Å². The zero-order chi connectivity index (χ0) is 20.3. The first-order chi connectivity index (χ1) is 13.2. The van der Waals surface area contributed by atoms with E-state index in [2.05, 4.69) is 4.98 Å². The van der Waals surface area contributed by atoms with Crippen LogP contribution in [0.25, 0.3) is 0 Å². The maximum atomic E-state index is 12.8. The van der Waals surface area contributed by atoms with E-state index >= 15 is 0 Å². The lowest BCUT2D eigenvalue weighted by Crippen LogP contribution is -2.10. The number of halogens is 3. The molecule has 148 valence electrons. The van der Waals surface area contributed by atoms with Gasteiger partial charge < -0.3 is 9.84 Å². The van der Waals surface area contributed by atoms with E-state index in [0.717, 1.165) is 29.0 Å². The maximum absolute atomic E-state index is 12.8. The monoisotopic (exact) mass is 409 g/mol. The molecule has 0 aliphatic carbocycles. The lowest BCUT2D eigenvalue weighted by Gasteiger charge is -2.15. The van der Waals surface area contributed by atoms with Gasteiger partial charge in [-0.25, -0.2) is 0 Å². The van der Waals surface area contributed by atoms with Gasteiger partial charge in [0.05, 0.1) is 17.0 Å². The molecule has 0 saturated carbocycles. The van der Waals surface area contributed by atoms with Crippen molar-refractivity contribution in [2.45, 2.75) is 25.4 Å². The van der Waals surface area contributed by atoms with Crippen molar-refractivity contribution in [2.75, 3.05) is 6.61 Å². The summed E-state index contributed by atoms with van der Waals surface area (Å²) in [6, 6.07) is 12.4. The summed E-state index contributed by atoms with van der Waals surface area (Å²) in [6.45, 7) is 2.04. The number of aromatic hydroxyl groups is 1. The molecule has 0 saturated heterocycles. The van der Waals surface area contributed by atoms with Gasteiger partial charge in [-0.2, -0.15) is 13.2 Å². The first kappa shape index (κ1) is 20.0. The Balaban J connectivity index is 1.60. The first-order valence-corrected chi connectivity index (χ1v) is 9.34. The lowest BCUT2D eigenvalue weighted by molar-refractivity contribution is -0.137. The highest BCUT2D eigenvalue weighted by molar-refractivity contribution is 7.09. The molecular formula is C20H18F3NO3S. The number of aromatic nitrogens is 1. The molecule has 3 rings (SSSR count). The van der Waals surface area contributed by atoms with Gasteiger partial charge in [-0.15, -0.1) is 0 Å². The number of aromatic amines is 1. The second-order valence-electron chi connectivity index (χ2n) is 6.44. The quantitative estimate of drug-likeness (QED) is 0.607. The molecular weight excluding hydrogens is 391 g/mol. The molecule has 0 spiro atoms. The Kier molecular flexibility index (Phi) is 5.79. The van der Waals surface area contributed by atoms with Crippen molar-refractivity contribution >= 4 is 11.3 Å². The van der Waals surface area contributed by atoms with Crippen LogP contribution < -0.4 is 9.61 Å². The molecule has 3 aromatic rings. The Morgan fingerprint density at radius 2 is 1.89 bits per heavy atom. The molecule has 2 N–H and O–H groups in total. The molecule has 1 unspecified atom stereocenters. The number of alkyl halides is 3. The van der Waals surface area contributed by atoms with Gasteiger partial charge in [-0.1, -0.05) is 48.6 Å². The summed E-state index contributed by atoms with van der Waals surface area (Å²) in [7, 11) is 0. The van der Waals surface area contributed by atoms with Crippen LogP contribution in [0.5, 0.6) is 11.6 Å². The minimum atomic E-state index is -4.37. The summed E-state index contributed by atoms with van der Waals surface area (Å²) >= 11 is 0.956. The molecule has 4 nitrogen and oxygen atoms in total. The van der Waals surface area contributed by atoms with E-state index in [1.165, 1.54) is 6.07 Å². The maximum Gasteiger partial charge on any atom is 0.416 e. The van der Waals surface area contributed by atoms with Crippen LogP contribution in [0.1, 0.15) is 34.4 Å². The average Bonchev–Trinajstić information content (AvgIpc) is 2.97. The molecule has 28 heavy (non-hydrogen) atoms. The Morgan fingerprint density at radius 3 is 2.50 bits per heavy atom. The smallest absolute Gasteiger partial charge is 0.416 e. The van der Waals surface area contributed by atoms with Crippen LogP contribution in [0, 0.1) is 0 Å². The Labute approximate surface area is 163 Å². The molecule has 0 aliphatic rings. The minimum absolute atomic E-state index is 0.120. The fraction of sp³-hybridized carbons (Fsp3) is 0.250. The van der Waals surface area contributed by atoms with Gasteiger partial charge in [0.15, 0.2) is 0 Å². The summed E-state index contributed by atoms with van der Waals surface area (Å²) in [5.41, 5.74) is 0.782. The zero-order valence-corrected chi connectivity index (χ0v) is 15.7. The third kappa shape index (κ3) is 4.95. The van der Waals surface area contributed by atoms with Crippen LogP contribution in [-0.2, 0) is 12.6 Å². The highest BCUT2D eigenvalue weighted by Crippen LogP contribution is 2.31. The lowest BCUT2D eigenvalue weighted by atomic mass is 9.99. The number of nitrogens with one attached hydrogen (secondary N) is 1. The Bertz CT molecular complexity index is 993. The Hall–Kier alpha value is -2.74. The molecule has 0 amide bonds. The zero-order valence-electron chi connectivity index (χ0n) is 14.9. The van der Waals surface area contributed by atoms with Crippen molar-refractivity contribution in [1.82, 2.24) is 4.98 Å². The van der Waals surface area contributed by atoms with Gasteiger partial charge in [-0.05, 0) is 29.3 Å². The molecule has 0 bridgehead atoms. The number of rotatable bonds is 6. The molecule has 0 radical (unpaired) electrons. The van der Waals surface area contributed by atoms with Crippen LogP contribution in [0.15, 0.2) is 53.3 Å². The van der Waals surface area contributed by atoms with Crippen molar-refractivity contribution in [3.63, 3.8) is 0 Å². The van der Waals surface area contributed by atoms with Crippen molar-refractivity contribution in [2.24, 2.45) is 0 Å². The minimum Gasteiger partial charge on any atom is -0.494 e. The second-order valence-corrected chi connectivity index (χ2v) is 7.51. The number of thiazole rings is 1. The van der Waals surface area contributed by atoms with E-state index in [4.69, 9.17) is 4.74 Å². The fourth-order valence-corrected chi connectivity index (χ4v) is 3.46. The van der Waals surface area contributed by atoms with Crippen LogP contribution in [-0.4, -0.2) is 16.7 Å². The highest BCUT2D eigenvalue weighted by atomic mass is 32.1. The third-order valence-corrected chi connectivity index (χ3v) is 5.14. The summed E-state index contributed by atoms with van der Waals surface area (Å²) in [5, 5.41) is 9.63. The molecule has 0 fully saturated rings. The summed E-state index contributed by atoms with van der Waals surface area (Å²) in [5.74, 6) is 0.260. The van der Waals surface area contributed by atoms with Gasteiger partial charge in [0.2, 0.25) is 5.88 Å². The average molecular weight is 409 g/mol. The predicted molar refractivity (Wildman–Crippen MR) is 101 cm³/mol. The molecule has 1 aromatic heterocycles. The summed E-state index contributed by atoms with van der Waals surface area (Å²) in [6.07, 6.45) is -3.95. The van der Waals surface area contributed by atoms with Gasteiger partial charge in [0.1, 0.15) is 5.75 Å². The normalized spacial score (nSPS) is 12.7. The number of hydrogen-bond acceptors (Lipinski definition) is 4. The molecule has 2 aromatic carbocycles. The molecule has 1 atom stereocenters. The summed E-state index contributed by atoms with van der Waals surface area (Å²) in [4.78, 5) is 13.8. The molecule has 1 heterocycles. The van der Waals surface area contributed by atoms with Gasteiger partial charge in [0, 0.05) is 12.3 Å². The van der Waals surface area contributed by atoms with Crippen LogP contribution in [0.3, 0.4) is 0 Å². The second kappa shape index (κ2) is 8.10. The predicted octanol–water partition coefficient (Wildman–Crippen LogP) is 4.93. The van der Waals surface area contributed by atoms with E-state index in [9.17, 15) is 23.1 Å². The van der Waals surface area contributed by atoms with E-state index in [1.807, 2.05) is 12.1 Å². The van der Waals surface area contributed by atoms with E-state index < -0.39 is 11.7 Å². The number of H-pyrrole nitrogens is 1. The molecule has 8 heteroatoms. The largest absolute Gasteiger partial charge is 0.494 e. The van der Waals surface area contributed by atoms with E-state index in [1.54, 1.807) is 25.1 Å². The number of hydrogen-bond donors (Lipinski definition) is 2. The standard InChI is InChI=1S/C20H18F3NO3S/c1-12(14-3-2-4-15(10-14)20(21,22)23)11-27-16-7-5-13(6-8-16)9-17-18(25)24-19(26)28-17/h2-8,10,12,25H,9,11H2,1H3,(H,24,26). The fourth-order valence-electron chi connectivity index (χ4n) is 2.70. The van der Waals surface area contributed by atoms with Crippen molar-refractivity contribution in [3.05, 3.63) is 79.8 Å². The highest BCUT2D eigenvalue weighted by Gasteiger charge is 2.30. The van der Waals surface area contributed by atoms with Crippen molar-refractivity contribution < 1.29 is 23.0 Å². The topological polar surface area (TPSA) is 62.3 Å². The van der Waals surface area contributed by atoms with Crippen molar-refractivity contribution in [3.8, 4) is 11.6 Å². The third-order valence-electron chi connectivity index (χ3n) is 4.27. The van der Waals surface area contributed by atoms with E-state index in [-0.39, 0.29) is 23.3 Å². The van der Waals surface area contributed by atoms with Crippen LogP contribution in [0.2, 0.25) is 0 Å². The number of benzene rings is 2. The van der Waals surface area contributed by atoms with Gasteiger partial charge >= 0.3 is 11.0 Å². The molecule has 0 aliphatic heterocycles. The Morgan fingerprint density at radius 1 is 1.18 bits per heavy atom. The summed E-state index contributed by atoms with van der Waals surface area (Å²) < 4.78 is 44.2. The van der Waals surface area contributed by atoms with E-state index in [0.29, 0.717) is 22.6 Å². The number of ether oxygens (including phenoxy) is 1. The SMILES string of the molecule is CC(COc1ccc(Cc2sc(=O)[nH]c2O)cc1)c1cccc(C(F)(F)F)c1. The van der Waals surface area contributed by atoms with Crippen molar-refractivity contribution in [1.29, 1.82) is 0 Å².